The lowest BCUT2D eigenvalue weighted by Crippen LogP contribution is -2.38. The van der Waals surface area contributed by atoms with Crippen LogP contribution in [0.15, 0.2) is 72.1 Å². The Morgan fingerprint density at radius 2 is 1.92 bits per heavy atom. The SMILES string of the molecule is CNc1ncc(C2=NC=CCN2Nc2cc(NC(=O)c3cccc(C(C)(C)C#N)c3)ccc2C)cn1. The predicted molar refractivity (Wildman–Crippen MR) is 142 cm³/mol. The molecule has 0 fully saturated rings. The Labute approximate surface area is 210 Å². The van der Waals surface area contributed by atoms with Crippen LogP contribution < -0.4 is 16.1 Å². The Hall–Kier alpha value is -4.71. The van der Waals surface area contributed by atoms with E-state index in [9.17, 15) is 10.1 Å². The molecule has 1 amide bonds. The van der Waals surface area contributed by atoms with Gasteiger partial charge in [-0.25, -0.2) is 15.0 Å². The van der Waals surface area contributed by atoms with Crippen molar-refractivity contribution in [2.75, 3.05) is 29.7 Å². The molecule has 0 saturated heterocycles. The summed E-state index contributed by atoms with van der Waals surface area (Å²) in [5, 5.41) is 17.2. The largest absolute Gasteiger partial charge is 0.357 e. The first kappa shape index (κ1) is 24.4. The van der Waals surface area contributed by atoms with Crippen LogP contribution in [0.2, 0.25) is 0 Å². The van der Waals surface area contributed by atoms with Crippen LogP contribution in [0.1, 0.15) is 40.9 Å². The molecule has 1 aromatic heterocycles. The molecule has 0 atom stereocenters. The summed E-state index contributed by atoms with van der Waals surface area (Å²) in [6.07, 6.45) is 7.13. The monoisotopic (exact) mass is 480 g/mol. The summed E-state index contributed by atoms with van der Waals surface area (Å²) in [6, 6.07) is 15.1. The smallest absolute Gasteiger partial charge is 0.255 e. The van der Waals surface area contributed by atoms with Crippen LogP contribution in [0.4, 0.5) is 17.3 Å². The van der Waals surface area contributed by atoms with Crippen molar-refractivity contribution in [3.05, 3.63) is 89.4 Å². The molecule has 2 aromatic carbocycles. The molecular weight excluding hydrogens is 452 g/mol. The molecule has 182 valence electrons. The molecule has 0 unspecified atom stereocenters. The van der Waals surface area contributed by atoms with Gasteiger partial charge in [-0.2, -0.15) is 5.26 Å². The molecular formula is C27H28N8O. The highest BCUT2D eigenvalue weighted by atomic mass is 16.1. The molecule has 9 heteroatoms. The van der Waals surface area contributed by atoms with Crippen LogP contribution in [-0.2, 0) is 5.41 Å². The van der Waals surface area contributed by atoms with Gasteiger partial charge in [0.25, 0.3) is 5.91 Å². The van der Waals surface area contributed by atoms with Gasteiger partial charge in [0.1, 0.15) is 0 Å². The molecule has 0 radical (unpaired) electrons. The summed E-state index contributed by atoms with van der Waals surface area (Å²) in [5.41, 5.74) is 7.25. The van der Waals surface area contributed by atoms with Crippen molar-refractivity contribution in [2.45, 2.75) is 26.2 Å². The van der Waals surface area contributed by atoms with Crippen LogP contribution in [0.3, 0.4) is 0 Å². The van der Waals surface area contributed by atoms with Crippen molar-refractivity contribution in [3.63, 3.8) is 0 Å². The lowest BCUT2D eigenvalue weighted by molar-refractivity contribution is 0.102. The lowest BCUT2D eigenvalue weighted by Gasteiger charge is -2.29. The summed E-state index contributed by atoms with van der Waals surface area (Å²) in [7, 11) is 1.77. The fourth-order valence-electron chi connectivity index (χ4n) is 3.62. The second kappa shape index (κ2) is 10.3. The fourth-order valence-corrected chi connectivity index (χ4v) is 3.62. The van der Waals surface area contributed by atoms with Gasteiger partial charge in [-0.3, -0.25) is 15.2 Å². The van der Waals surface area contributed by atoms with Crippen molar-refractivity contribution in [1.29, 1.82) is 5.26 Å². The first-order valence-electron chi connectivity index (χ1n) is 11.5. The van der Waals surface area contributed by atoms with E-state index in [4.69, 9.17) is 0 Å². The number of anilines is 3. The Kier molecular flexibility index (Phi) is 6.97. The van der Waals surface area contributed by atoms with Crippen LogP contribution in [0.25, 0.3) is 0 Å². The van der Waals surface area contributed by atoms with E-state index in [1.54, 1.807) is 43.8 Å². The predicted octanol–water partition coefficient (Wildman–Crippen LogP) is 4.48. The maximum atomic E-state index is 13.0. The molecule has 0 bridgehead atoms. The number of nitriles is 1. The molecule has 1 aliphatic heterocycles. The van der Waals surface area contributed by atoms with E-state index in [-0.39, 0.29) is 5.91 Å². The van der Waals surface area contributed by atoms with Gasteiger partial charge in [-0.05, 0) is 62.2 Å². The average molecular weight is 481 g/mol. The maximum absolute atomic E-state index is 13.0. The summed E-state index contributed by atoms with van der Waals surface area (Å²) < 4.78 is 0. The molecule has 0 spiro atoms. The minimum Gasteiger partial charge on any atom is -0.357 e. The van der Waals surface area contributed by atoms with Gasteiger partial charge >= 0.3 is 0 Å². The summed E-state index contributed by atoms with van der Waals surface area (Å²) in [6.45, 7) is 6.24. The van der Waals surface area contributed by atoms with Gasteiger partial charge < -0.3 is 10.6 Å². The Bertz CT molecular complexity index is 1370. The minimum absolute atomic E-state index is 0.245. The van der Waals surface area contributed by atoms with E-state index in [1.807, 2.05) is 56.1 Å². The number of aliphatic imine (C=N–C) groups is 1. The van der Waals surface area contributed by atoms with E-state index in [1.165, 1.54) is 0 Å². The van der Waals surface area contributed by atoms with Gasteiger partial charge in [0.05, 0.1) is 29.3 Å². The number of hydrazine groups is 1. The first-order valence-corrected chi connectivity index (χ1v) is 11.5. The van der Waals surface area contributed by atoms with Gasteiger partial charge in [-0.15, -0.1) is 0 Å². The second-order valence-electron chi connectivity index (χ2n) is 8.91. The van der Waals surface area contributed by atoms with Gasteiger partial charge in [0, 0.05) is 36.9 Å². The van der Waals surface area contributed by atoms with Crippen LogP contribution in [0, 0.1) is 18.3 Å². The van der Waals surface area contributed by atoms with E-state index in [2.05, 4.69) is 37.1 Å². The van der Waals surface area contributed by atoms with Crippen LogP contribution in [0.5, 0.6) is 0 Å². The van der Waals surface area contributed by atoms with Gasteiger partial charge in [0.15, 0.2) is 5.84 Å². The zero-order valence-electron chi connectivity index (χ0n) is 20.7. The number of carbonyl (C=O) groups is 1. The Morgan fingerprint density at radius 1 is 1.14 bits per heavy atom. The molecule has 1 aliphatic rings. The number of aromatic nitrogens is 2. The zero-order valence-corrected chi connectivity index (χ0v) is 20.7. The Morgan fingerprint density at radius 3 is 2.64 bits per heavy atom. The van der Waals surface area contributed by atoms with Crippen LogP contribution >= 0.6 is 0 Å². The third kappa shape index (κ3) is 5.33. The standard InChI is InChI=1S/C27H28N8O/c1-18-9-10-22(33-25(36)19-7-5-8-21(13-19)27(2,3)17-28)14-23(18)34-35-12-6-11-30-24(35)20-15-31-26(29-4)32-16-20/h5-11,13-16,34H,12H2,1-4H3,(H,33,36)(H,29,31,32). The number of nitrogens with one attached hydrogen (secondary N) is 3. The van der Waals surface area contributed by atoms with E-state index in [0.29, 0.717) is 29.6 Å². The molecule has 4 rings (SSSR count). The molecule has 9 nitrogen and oxygen atoms in total. The lowest BCUT2D eigenvalue weighted by atomic mass is 9.85. The van der Waals surface area contributed by atoms with Crippen molar-refractivity contribution < 1.29 is 4.79 Å². The maximum Gasteiger partial charge on any atom is 0.255 e. The highest BCUT2D eigenvalue weighted by molar-refractivity contribution is 6.05. The highest BCUT2D eigenvalue weighted by Gasteiger charge is 2.21. The number of carbonyl (C=O) groups excluding carboxylic acids is 1. The summed E-state index contributed by atoms with van der Waals surface area (Å²) in [5.74, 6) is 0.974. The van der Waals surface area contributed by atoms with E-state index < -0.39 is 5.41 Å². The second-order valence-corrected chi connectivity index (χ2v) is 8.91. The Balaban J connectivity index is 1.53. The summed E-state index contributed by atoms with van der Waals surface area (Å²) >= 11 is 0. The third-order valence-corrected chi connectivity index (χ3v) is 5.86. The number of hydrogen-bond acceptors (Lipinski definition) is 8. The van der Waals surface area contributed by atoms with Gasteiger partial charge in [0.2, 0.25) is 5.95 Å². The van der Waals surface area contributed by atoms with Gasteiger partial charge in [-0.1, -0.05) is 18.2 Å². The number of aryl methyl sites for hydroxylation is 1. The molecule has 0 aliphatic carbocycles. The molecule has 36 heavy (non-hydrogen) atoms. The first-order chi connectivity index (χ1) is 17.3. The fraction of sp³-hybridized carbons (Fsp3) is 0.222. The summed E-state index contributed by atoms with van der Waals surface area (Å²) in [4.78, 5) is 26.1. The van der Waals surface area contributed by atoms with Crippen LogP contribution in [-0.4, -0.2) is 40.3 Å². The topological polar surface area (TPSA) is 118 Å². The average Bonchev–Trinajstić information content (AvgIpc) is 2.91. The number of rotatable bonds is 7. The number of amidine groups is 1. The molecule has 0 saturated carbocycles. The number of amides is 1. The minimum atomic E-state index is -0.683. The van der Waals surface area contributed by atoms with Crippen molar-refractivity contribution >= 4 is 29.1 Å². The highest BCUT2D eigenvalue weighted by Crippen LogP contribution is 2.25. The normalized spacial score (nSPS) is 13.0. The number of nitrogens with zero attached hydrogens (tertiary/aromatic N) is 5. The van der Waals surface area contributed by atoms with E-state index >= 15 is 0 Å². The number of hydrogen-bond donors (Lipinski definition) is 3. The zero-order chi connectivity index (χ0) is 25.7. The number of benzene rings is 2. The molecule has 2 heterocycles. The van der Waals surface area contributed by atoms with Crippen molar-refractivity contribution in [2.24, 2.45) is 4.99 Å². The molecule has 3 aromatic rings. The van der Waals surface area contributed by atoms with E-state index in [0.717, 1.165) is 22.4 Å². The van der Waals surface area contributed by atoms with Crippen molar-refractivity contribution in [3.8, 4) is 6.07 Å². The molecule has 3 N–H and O–H groups in total. The third-order valence-electron chi connectivity index (χ3n) is 5.86. The quantitative estimate of drug-likeness (QED) is 0.456. The van der Waals surface area contributed by atoms with Crippen molar-refractivity contribution in [1.82, 2.24) is 15.0 Å².